The zero-order valence-corrected chi connectivity index (χ0v) is 20.7. The zero-order valence-electron chi connectivity index (χ0n) is 19.1. The smallest absolute Gasteiger partial charge is 0.406 e. The van der Waals surface area contributed by atoms with Crippen LogP contribution in [0.3, 0.4) is 0 Å². The first-order valence-electron chi connectivity index (χ1n) is 10.9. The minimum Gasteiger partial charge on any atom is -0.406 e. The molecule has 0 saturated heterocycles. The van der Waals surface area contributed by atoms with Crippen LogP contribution < -0.4 is 10.1 Å². The van der Waals surface area contributed by atoms with Crippen LogP contribution >= 0.6 is 24.0 Å². The van der Waals surface area contributed by atoms with E-state index in [0.29, 0.717) is 35.0 Å². The fourth-order valence-electron chi connectivity index (χ4n) is 3.72. The van der Waals surface area contributed by atoms with Gasteiger partial charge in [0.15, 0.2) is 5.65 Å². The summed E-state index contributed by atoms with van der Waals surface area (Å²) in [6.45, 7) is 2.23. The third-order valence-electron chi connectivity index (χ3n) is 5.40. The van der Waals surface area contributed by atoms with Crippen molar-refractivity contribution in [2.24, 2.45) is 0 Å². The van der Waals surface area contributed by atoms with E-state index in [2.05, 4.69) is 20.0 Å². The van der Waals surface area contributed by atoms with E-state index in [1.807, 2.05) is 29.7 Å². The van der Waals surface area contributed by atoms with Gasteiger partial charge in [-0.2, -0.15) is 0 Å². The molecule has 0 unspecified atom stereocenters. The average Bonchev–Trinajstić information content (AvgIpc) is 3.16. The number of rotatable bonds is 8. The van der Waals surface area contributed by atoms with Crippen LogP contribution in [0.2, 0.25) is 5.02 Å². The maximum atomic E-state index is 12.6. The minimum atomic E-state index is -4.75. The fraction of sp³-hybridized carbons (Fsp3) is 0.240. The highest BCUT2D eigenvalue weighted by molar-refractivity contribution is 6.30. The van der Waals surface area contributed by atoms with Crippen molar-refractivity contribution >= 4 is 41.1 Å². The quantitative estimate of drug-likeness (QED) is 0.287. The Bertz CT molecular complexity index is 1310. The van der Waals surface area contributed by atoms with Crippen LogP contribution in [0.4, 0.5) is 13.2 Å². The van der Waals surface area contributed by atoms with Crippen LogP contribution in [-0.4, -0.2) is 26.8 Å². The molecule has 190 valence electrons. The van der Waals surface area contributed by atoms with Crippen molar-refractivity contribution in [2.45, 2.75) is 38.7 Å². The van der Waals surface area contributed by atoms with Crippen LogP contribution in [0.5, 0.6) is 5.75 Å². The van der Waals surface area contributed by atoms with Crippen molar-refractivity contribution < 1.29 is 22.7 Å². The molecule has 0 fully saturated rings. The van der Waals surface area contributed by atoms with Gasteiger partial charge in [0.2, 0.25) is 5.91 Å². The second-order valence-electron chi connectivity index (χ2n) is 7.99. The Morgan fingerprint density at radius 3 is 2.47 bits per heavy atom. The van der Waals surface area contributed by atoms with E-state index in [1.165, 1.54) is 12.1 Å². The summed E-state index contributed by atoms with van der Waals surface area (Å²) in [6, 6.07) is 16.3. The summed E-state index contributed by atoms with van der Waals surface area (Å²) >= 11 is 5.93. The number of nitrogens with zero attached hydrogens (tertiary/aromatic N) is 3. The molecule has 0 aliphatic rings. The molecule has 0 aliphatic heterocycles. The second kappa shape index (κ2) is 11.6. The van der Waals surface area contributed by atoms with Crippen molar-refractivity contribution in [3.63, 3.8) is 0 Å². The van der Waals surface area contributed by atoms with E-state index in [-0.39, 0.29) is 36.5 Å². The summed E-state index contributed by atoms with van der Waals surface area (Å²) in [5, 5.41) is 3.60. The van der Waals surface area contributed by atoms with Crippen LogP contribution in [0.25, 0.3) is 11.2 Å². The number of carbonyl (C=O) groups is 1. The number of nitrogens with one attached hydrogen (secondary N) is 1. The van der Waals surface area contributed by atoms with E-state index in [4.69, 9.17) is 11.6 Å². The van der Waals surface area contributed by atoms with Gasteiger partial charge < -0.3 is 14.6 Å². The number of alkyl halides is 3. The second-order valence-corrected chi connectivity index (χ2v) is 8.43. The van der Waals surface area contributed by atoms with Crippen molar-refractivity contribution in [3.05, 3.63) is 88.8 Å². The third kappa shape index (κ3) is 7.11. The summed E-state index contributed by atoms with van der Waals surface area (Å²) in [5.41, 5.74) is 2.99. The molecule has 4 aromatic rings. The van der Waals surface area contributed by atoms with Gasteiger partial charge in [-0.1, -0.05) is 35.9 Å². The largest absolute Gasteiger partial charge is 0.573 e. The van der Waals surface area contributed by atoms with Gasteiger partial charge in [-0.05, 0) is 54.4 Å². The number of hydrogen-bond donors (Lipinski definition) is 1. The van der Waals surface area contributed by atoms with Crippen molar-refractivity contribution in [2.75, 3.05) is 0 Å². The number of hydrogen-bond acceptors (Lipinski definition) is 4. The molecular weight excluding hydrogens is 516 g/mol. The number of benzene rings is 2. The predicted molar refractivity (Wildman–Crippen MR) is 133 cm³/mol. The Morgan fingerprint density at radius 1 is 1.11 bits per heavy atom. The summed E-state index contributed by atoms with van der Waals surface area (Å²) < 4.78 is 43.1. The normalized spacial score (nSPS) is 12.1. The number of amides is 1. The summed E-state index contributed by atoms with van der Waals surface area (Å²) in [7, 11) is 0. The highest BCUT2D eigenvalue weighted by Gasteiger charge is 2.31. The van der Waals surface area contributed by atoms with Gasteiger partial charge in [0, 0.05) is 24.1 Å². The molecule has 1 atom stereocenters. The topological polar surface area (TPSA) is 69.0 Å². The number of imidazole rings is 1. The Kier molecular flexibility index (Phi) is 8.81. The molecule has 2 aromatic heterocycles. The first-order chi connectivity index (χ1) is 16.7. The molecule has 6 nitrogen and oxygen atoms in total. The molecule has 11 heteroatoms. The molecule has 2 aromatic carbocycles. The Hall–Kier alpha value is -3.30. The SMILES string of the molecule is C[C@H](NC(=O)CCc1nc2cccnc2n1Cc1ccc(OC(F)(F)F)cc1)c1ccc(Cl)cc1.Cl. The number of aromatic nitrogens is 3. The Labute approximate surface area is 216 Å². The summed E-state index contributed by atoms with van der Waals surface area (Å²) in [5.74, 6) is 0.234. The van der Waals surface area contributed by atoms with E-state index < -0.39 is 6.36 Å². The maximum absolute atomic E-state index is 12.6. The number of carbonyl (C=O) groups excluding carboxylic acids is 1. The highest BCUT2D eigenvalue weighted by atomic mass is 35.5. The number of fused-ring (bicyclic) bond motifs is 1. The number of halogens is 5. The monoisotopic (exact) mass is 538 g/mol. The maximum Gasteiger partial charge on any atom is 0.573 e. The molecule has 0 bridgehead atoms. The first-order valence-corrected chi connectivity index (χ1v) is 11.3. The molecule has 36 heavy (non-hydrogen) atoms. The predicted octanol–water partition coefficient (Wildman–Crippen LogP) is 6.26. The number of aryl methyl sites for hydroxylation is 1. The third-order valence-corrected chi connectivity index (χ3v) is 5.66. The van der Waals surface area contributed by atoms with Crippen LogP contribution in [0, 0.1) is 0 Å². The van der Waals surface area contributed by atoms with Crippen LogP contribution in [0.1, 0.15) is 36.3 Å². The lowest BCUT2D eigenvalue weighted by atomic mass is 10.1. The van der Waals surface area contributed by atoms with Crippen LogP contribution in [0.15, 0.2) is 66.9 Å². The molecule has 2 heterocycles. The zero-order chi connectivity index (χ0) is 25.0. The molecule has 0 spiro atoms. The van der Waals surface area contributed by atoms with Crippen LogP contribution in [-0.2, 0) is 17.8 Å². The molecule has 0 aliphatic carbocycles. The molecule has 0 radical (unpaired) electrons. The van der Waals surface area contributed by atoms with Gasteiger partial charge in [0.1, 0.15) is 17.1 Å². The summed E-state index contributed by atoms with van der Waals surface area (Å²) in [4.78, 5) is 21.6. The van der Waals surface area contributed by atoms with E-state index in [1.54, 1.807) is 36.5 Å². The summed E-state index contributed by atoms with van der Waals surface area (Å²) in [6.07, 6.45) is -2.53. The average molecular weight is 539 g/mol. The number of ether oxygens (including phenoxy) is 1. The van der Waals surface area contributed by atoms with Gasteiger partial charge in [0.05, 0.1) is 12.6 Å². The first kappa shape index (κ1) is 27.3. The lowest BCUT2D eigenvalue weighted by Crippen LogP contribution is -2.27. The van der Waals surface area contributed by atoms with E-state index in [9.17, 15) is 18.0 Å². The Balaban J connectivity index is 0.00000361. The van der Waals surface area contributed by atoms with Gasteiger partial charge in [-0.25, -0.2) is 9.97 Å². The van der Waals surface area contributed by atoms with E-state index in [0.717, 1.165) is 11.1 Å². The lowest BCUT2D eigenvalue weighted by Gasteiger charge is -2.15. The van der Waals surface area contributed by atoms with Gasteiger partial charge in [-0.3, -0.25) is 4.79 Å². The Morgan fingerprint density at radius 2 is 1.81 bits per heavy atom. The van der Waals surface area contributed by atoms with Crippen molar-refractivity contribution in [3.8, 4) is 5.75 Å². The van der Waals surface area contributed by atoms with Crippen molar-refractivity contribution in [1.82, 2.24) is 19.9 Å². The number of pyridine rings is 1. The lowest BCUT2D eigenvalue weighted by molar-refractivity contribution is -0.274. The van der Waals surface area contributed by atoms with Gasteiger partial charge >= 0.3 is 6.36 Å². The standard InChI is InChI=1S/C25H22ClF3N4O2.ClH/c1-16(18-6-8-19(26)9-7-18)31-23(34)13-12-22-32-21-3-2-14-30-24(21)33(22)15-17-4-10-20(11-5-17)35-25(27,28)29;/h2-11,14,16H,12-13,15H2,1H3,(H,31,34);1H/t16-;/m0./s1. The molecular formula is C25H23Cl2F3N4O2. The minimum absolute atomic E-state index is 0. The van der Waals surface area contributed by atoms with Crippen molar-refractivity contribution in [1.29, 1.82) is 0 Å². The van der Waals surface area contributed by atoms with Gasteiger partial charge in [-0.15, -0.1) is 25.6 Å². The van der Waals surface area contributed by atoms with E-state index >= 15 is 0 Å². The highest BCUT2D eigenvalue weighted by Crippen LogP contribution is 2.24. The van der Waals surface area contributed by atoms with Gasteiger partial charge in [0.25, 0.3) is 0 Å². The fourth-order valence-corrected chi connectivity index (χ4v) is 3.84. The molecule has 4 rings (SSSR count). The molecule has 1 N–H and O–H groups in total. The molecule has 0 saturated carbocycles. The molecule has 1 amide bonds.